The van der Waals surface area contributed by atoms with Crippen molar-refractivity contribution in [2.75, 3.05) is 26.6 Å². The van der Waals surface area contributed by atoms with Crippen LogP contribution in [0.4, 0.5) is 5.69 Å². The summed E-state index contributed by atoms with van der Waals surface area (Å²) in [6, 6.07) is 21.6. The van der Waals surface area contributed by atoms with Crippen molar-refractivity contribution >= 4 is 23.1 Å². The van der Waals surface area contributed by atoms with Crippen LogP contribution < -0.4 is 19.5 Å². The van der Waals surface area contributed by atoms with Crippen LogP contribution in [-0.4, -0.2) is 38.0 Å². The maximum absolute atomic E-state index is 13.5. The fourth-order valence-electron chi connectivity index (χ4n) is 3.74. The third-order valence-electron chi connectivity index (χ3n) is 5.37. The van der Waals surface area contributed by atoms with Gasteiger partial charge < -0.3 is 19.5 Å². The smallest absolute Gasteiger partial charge is 0.278 e. The van der Waals surface area contributed by atoms with Gasteiger partial charge in [-0.1, -0.05) is 48.5 Å². The molecular weight excluding hydrogens is 420 g/mol. The van der Waals surface area contributed by atoms with Crippen molar-refractivity contribution in [2.24, 2.45) is 0 Å². The Morgan fingerprint density at radius 2 is 1.39 bits per heavy atom. The van der Waals surface area contributed by atoms with E-state index >= 15 is 0 Å². The molecule has 0 fully saturated rings. The Labute approximate surface area is 192 Å². The summed E-state index contributed by atoms with van der Waals surface area (Å²) in [4.78, 5) is 28.2. The summed E-state index contributed by atoms with van der Waals surface area (Å²) in [6.45, 7) is 0.0879. The van der Waals surface area contributed by atoms with Crippen molar-refractivity contribution in [3.05, 3.63) is 89.6 Å². The zero-order chi connectivity index (χ0) is 23.4. The van der Waals surface area contributed by atoms with Crippen molar-refractivity contribution in [3.8, 4) is 17.2 Å². The van der Waals surface area contributed by atoms with Gasteiger partial charge in [0.05, 0.1) is 33.4 Å². The van der Waals surface area contributed by atoms with E-state index in [0.717, 1.165) is 5.56 Å². The summed E-state index contributed by atoms with van der Waals surface area (Å²) in [6.07, 6.45) is 0. The third kappa shape index (κ3) is 4.39. The standard InChI is InChI=1S/C26H24N2O5/c1-31-20-13-19(14-21(15-20)32-2)27-24-23(17-9-5-4-6-10-17)25(29)28(26(24)30)16-18-11-7-8-12-22(18)33-3/h4-15,27H,16H2,1-3H3. The van der Waals surface area contributed by atoms with E-state index in [1.165, 1.54) is 4.90 Å². The van der Waals surface area contributed by atoms with Gasteiger partial charge in [0.25, 0.3) is 11.8 Å². The van der Waals surface area contributed by atoms with Crippen molar-refractivity contribution in [2.45, 2.75) is 6.54 Å². The van der Waals surface area contributed by atoms with Crippen LogP contribution in [0.5, 0.6) is 17.2 Å². The molecule has 1 N–H and O–H groups in total. The number of carbonyl (C=O) groups is 2. The normalized spacial score (nSPS) is 13.4. The largest absolute Gasteiger partial charge is 0.497 e. The van der Waals surface area contributed by atoms with Crippen molar-refractivity contribution in [3.63, 3.8) is 0 Å². The number of nitrogens with one attached hydrogen (secondary N) is 1. The highest BCUT2D eigenvalue weighted by atomic mass is 16.5. The van der Waals surface area contributed by atoms with Gasteiger partial charge >= 0.3 is 0 Å². The first-order valence-electron chi connectivity index (χ1n) is 10.3. The van der Waals surface area contributed by atoms with E-state index < -0.39 is 5.91 Å². The number of benzene rings is 3. The second-order valence-electron chi connectivity index (χ2n) is 7.35. The average molecular weight is 444 g/mol. The Kier molecular flexibility index (Phi) is 6.31. The summed E-state index contributed by atoms with van der Waals surface area (Å²) in [7, 11) is 4.65. The molecular formula is C26H24N2O5. The third-order valence-corrected chi connectivity index (χ3v) is 5.37. The molecule has 7 nitrogen and oxygen atoms in total. The van der Waals surface area contributed by atoms with E-state index in [2.05, 4.69) is 5.32 Å². The molecule has 0 spiro atoms. The minimum absolute atomic E-state index is 0.0879. The minimum Gasteiger partial charge on any atom is -0.497 e. The number of amides is 2. The average Bonchev–Trinajstić information content (AvgIpc) is 3.08. The van der Waals surface area contributed by atoms with Crippen LogP contribution in [0.15, 0.2) is 78.5 Å². The van der Waals surface area contributed by atoms with Gasteiger partial charge in [0.15, 0.2) is 0 Å². The monoisotopic (exact) mass is 444 g/mol. The molecule has 0 atom stereocenters. The van der Waals surface area contributed by atoms with Crippen LogP contribution in [0, 0.1) is 0 Å². The van der Waals surface area contributed by atoms with Crippen LogP contribution in [0.3, 0.4) is 0 Å². The van der Waals surface area contributed by atoms with Crippen LogP contribution in [0.1, 0.15) is 11.1 Å². The van der Waals surface area contributed by atoms with Crippen LogP contribution in [-0.2, 0) is 16.1 Å². The maximum Gasteiger partial charge on any atom is 0.278 e. The van der Waals surface area contributed by atoms with Crippen LogP contribution >= 0.6 is 0 Å². The quantitative estimate of drug-likeness (QED) is 0.527. The second-order valence-corrected chi connectivity index (χ2v) is 7.35. The number of carbonyl (C=O) groups excluding carboxylic acids is 2. The van der Waals surface area contributed by atoms with Gasteiger partial charge in [-0.15, -0.1) is 0 Å². The molecule has 0 bridgehead atoms. The predicted octanol–water partition coefficient (Wildman–Crippen LogP) is 4.10. The molecule has 0 saturated heterocycles. The van der Waals surface area contributed by atoms with E-state index in [0.29, 0.717) is 34.1 Å². The number of imide groups is 1. The highest BCUT2D eigenvalue weighted by molar-refractivity contribution is 6.36. The molecule has 0 saturated carbocycles. The molecule has 0 unspecified atom stereocenters. The first kappa shape index (κ1) is 22.0. The first-order valence-corrected chi connectivity index (χ1v) is 10.3. The molecule has 0 aromatic heterocycles. The lowest BCUT2D eigenvalue weighted by Crippen LogP contribution is -2.32. The fourth-order valence-corrected chi connectivity index (χ4v) is 3.74. The number of ether oxygens (including phenoxy) is 3. The van der Waals surface area contributed by atoms with Crippen molar-refractivity contribution < 1.29 is 23.8 Å². The van der Waals surface area contributed by atoms with Crippen molar-refractivity contribution in [1.29, 1.82) is 0 Å². The molecule has 4 rings (SSSR count). The Balaban J connectivity index is 1.75. The van der Waals surface area contributed by atoms with Crippen LogP contribution in [0.25, 0.3) is 5.57 Å². The number of anilines is 1. The van der Waals surface area contributed by atoms with Gasteiger partial charge in [-0.3, -0.25) is 14.5 Å². The Morgan fingerprint density at radius 3 is 2.03 bits per heavy atom. The Bertz CT molecular complexity index is 1200. The summed E-state index contributed by atoms with van der Waals surface area (Å²) < 4.78 is 16.1. The highest BCUT2D eigenvalue weighted by Gasteiger charge is 2.39. The zero-order valence-corrected chi connectivity index (χ0v) is 18.6. The SMILES string of the molecule is COc1cc(NC2=C(c3ccccc3)C(=O)N(Cc3ccccc3OC)C2=O)cc(OC)c1. The maximum atomic E-state index is 13.5. The molecule has 168 valence electrons. The molecule has 0 radical (unpaired) electrons. The van der Waals surface area contributed by atoms with E-state index in [-0.39, 0.29) is 18.1 Å². The molecule has 1 aliphatic heterocycles. The molecule has 1 heterocycles. The molecule has 0 aliphatic carbocycles. The number of hydrogen-bond donors (Lipinski definition) is 1. The molecule has 33 heavy (non-hydrogen) atoms. The number of hydrogen-bond acceptors (Lipinski definition) is 6. The van der Waals surface area contributed by atoms with Gasteiger partial charge in [0, 0.05) is 29.4 Å². The molecule has 2 amide bonds. The number of methoxy groups -OCH3 is 3. The van der Waals surface area contributed by atoms with Gasteiger partial charge in [0.1, 0.15) is 22.9 Å². The van der Waals surface area contributed by atoms with Crippen LogP contribution in [0.2, 0.25) is 0 Å². The number of para-hydroxylation sites is 1. The fraction of sp³-hybridized carbons (Fsp3) is 0.154. The lowest BCUT2D eigenvalue weighted by Gasteiger charge is -2.17. The van der Waals surface area contributed by atoms with Crippen molar-refractivity contribution in [1.82, 2.24) is 4.90 Å². The Morgan fingerprint density at radius 1 is 0.758 bits per heavy atom. The Hall–Kier alpha value is -4.26. The summed E-state index contributed by atoms with van der Waals surface area (Å²) >= 11 is 0. The molecule has 3 aromatic carbocycles. The second kappa shape index (κ2) is 9.48. The van der Waals surface area contributed by atoms with Gasteiger partial charge in [-0.2, -0.15) is 0 Å². The highest BCUT2D eigenvalue weighted by Crippen LogP contribution is 2.34. The lowest BCUT2D eigenvalue weighted by atomic mass is 10.0. The van der Waals surface area contributed by atoms with Gasteiger partial charge in [0.2, 0.25) is 0 Å². The lowest BCUT2D eigenvalue weighted by molar-refractivity contribution is -0.137. The van der Waals surface area contributed by atoms with E-state index in [4.69, 9.17) is 14.2 Å². The molecule has 1 aliphatic rings. The summed E-state index contributed by atoms with van der Waals surface area (Å²) in [5.74, 6) is 0.919. The van der Waals surface area contributed by atoms with E-state index in [9.17, 15) is 9.59 Å². The van der Waals surface area contributed by atoms with E-state index in [1.807, 2.05) is 36.4 Å². The topological polar surface area (TPSA) is 77.1 Å². The van der Waals surface area contributed by atoms with Gasteiger partial charge in [-0.25, -0.2) is 0 Å². The van der Waals surface area contributed by atoms with Gasteiger partial charge in [-0.05, 0) is 11.6 Å². The number of rotatable bonds is 8. The molecule has 3 aromatic rings. The minimum atomic E-state index is -0.424. The summed E-state index contributed by atoms with van der Waals surface area (Å²) in [5.41, 5.74) is 2.44. The molecule has 7 heteroatoms. The summed E-state index contributed by atoms with van der Waals surface area (Å²) in [5, 5.41) is 3.14. The first-order chi connectivity index (χ1) is 16.0. The number of nitrogens with zero attached hydrogens (tertiary/aromatic N) is 1. The predicted molar refractivity (Wildman–Crippen MR) is 125 cm³/mol. The zero-order valence-electron chi connectivity index (χ0n) is 18.6. The van der Waals surface area contributed by atoms with E-state index in [1.54, 1.807) is 57.7 Å².